The van der Waals surface area contributed by atoms with Crippen LogP contribution in [-0.2, 0) is 14.9 Å². The van der Waals surface area contributed by atoms with E-state index in [1.54, 1.807) is 39.0 Å². The maximum atomic E-state index is 7.05. The Bertz CT molecular complexity index is 3460. The Hall–Kier alpha value is -5.78. The maximum Gasteiger partial charge on any atom is 0.0765 e. The molecule has 0 N–H and O–H groups in total. The third-order valence-corrected chi connectivity index (χ3v) is 23.9. The van der Waals surface area contributed by atoms with Gasteiger partial charge in [0.1, 0.15) is 0 Å². The van der Waals surface area contributed by atoms with Crippen LogP contribution in [0.25, 0.3) is 5.57 Å². The zero-order chi connectivity index (χ0) is 61.0. The van der Waals surface area contributed by atoms with Crippen LogP contribution in [0.1, 0.15) is 194 Å². The topological polar surface area (TPSA) is 24.9 Å². The standard InChI is InChI=1S/C85H104N2O2/c1-9-57-19-45-71(46-20-57)88-73-49-36-66(37-50-73)85(65-34-32-64(33-35-65)84(6,7)8)79-17-13-11-15-75(79)76-53-44-70(56-80(76)85)86(67-38-25-60(26-39-67)59-23-30-63(31-24-59)83(3,4)5)68-40-27-61(28-41-68)62-29-54-82-78(55-62)77-16-12-14-18-81(77)87(82)69-42-51-74(52-43-69)89-72-47-21-58(10-2)22-48-72/h9-17,19,21,25,27,29-30,32,34,38,40,42,44,47,51,53-55,58-59,66,69-74,78,81-82H,1-2,18,20,22-24,26,28,31,33,35-37,39,41,43,45-46,48-50,52,56H2,3-8H3. The molecule has 1 saturated heterocycles. The quantitative estimate of drug-likeness (QED) is 0.173. The van der Waals surface area contributed by atoms with Crippen LogP contribution < -0.4 is 0 Å². The van der Waals surface area contributed by atoms with Crippen molar-refractivity contribution < 1.29 is 9.47 Å². The Morgan fingerprint density at radius 2 is 1.43 bits per heavy atom. The van der Waals surface area contributed by atoms with Gasteiger partial charge in [0.2, 0.25) is 0 Å². The van der Waals surface area contributed by atoms with Gasteiger partial charge in [-0.3, -0.25) is 4.90 Å². The first-order valence-corrected chi connectivity index (χ1v) is 35.6. The zero-order valence-corrected chi connectivity index (χ0v) is 55.1. The van der Waals surface area contributed by atoms with E-state index in [1.165, 1.54) is 71.4 Å². The van der Waals surface area contributed by atoms with Crippen molar-refractivity contribution in [3.63, 3.8) is 0 Å². The molecule has 0 spiro atoms. The Morgan fingerprint density at radius 1 is 0.629 bits per heavy atom. The van der Waals surface area contributed by atoms with E-state index in [9.17, 15) is 0 Å². The predicted octanol–water partition coefficient (Wildman–Crippen LogP) is 20.9. The lowest BCUT2D eigenvalue weighted by molar-refractivity contribution is -0.0432. The number of nitrogens with zero attached hydrogens (tertiary/aromatic N) is 2. The van der Waals surface area contributed by atoms with Crippen molar-refractivity contribution in [1.82, 2.24) is 9.80 Å². The van der Waals surface area contributed by atoms with Gasteiger partial charge in [-0.2, -0.15) is 0 Å². The van der Waals surface area contributed by atoms with Crippen LogP contribution in [0.2, 0.25) is 0 Å². The molecular formula is C85H104N2O2. The van der Waals surface area contributed by atoms with E-state index in [-0.39, 0.29) is 34.5 Å². The van der Waals surface area contributed by atoms with Crippen LogP contribution >= 0.6 is 0 Å². The van der Waals surface area contributed by atoms with Gasteiger partial charge < -0.3 is 14.4 Å². The molecule has 2 fully saturated rings. The average Bonchev–Trinajstić information content (AvgIpc) is 1.56. The molecule has 4 nitrogen and oxygen atoms in total. The fourth-order valence-corrected chi connectivity index (χ4v) is 19.0. The zero-order valence-electron chi connectivity index (χ0n) is 55.1. The summed E-state index contributed by atoms with van der Waals surface area (Å²) in [6, 6.07) is 11.1. The minimum absolute atomic E-state index is 0.150. The molecule has 12 aliphatic carbocycles. The second kappa shape index (κ2) is 25.4. The minimum atomic E-state index is -0.150. The Labute approximate surface area is 537 Å². The van der Waals surface area contributed by atoms with Crippen LogP contribution in [0.5, 0.6) is 0 Å². The highest BCUT2D eigenvalue weighted by molar-refractivity contribution is 5.89. The first-order valence-electron chi connectivity index (χ1n) is 35.6. The van der Waals surface area contributed by atoms with Crippen molar-refractivity contribution in [3.8, 4) is 0 Å². The molecule has 1 aromatic rings. The van der Waals surface area contributed by atoms with Crippen molar-refractivity contribution in [1.29, 1.82) is 0 Å². The van der Waals surface area contributed by atoms with Crippen molar-refractivity contribution >= 4 is 5.57 Å². The van der Waals surface area contributed by atoms with Gasteiger partial charge in [0.25, 0.3) is 0 Å². The van der Waals surface area contributed by atoms with Crippen LogP contribution in [0.4, 0.5) is 0 Å². The van der Waals surface area contributed by atoms with Gasteiger partial charge in [0.05, 0.1) is 30.5 Å². The van der Waals surface area contributed by atoms with E-state index in [0.717, 1.165) is 109 Å². The second-order valence-corrected chi connectivity index (χ2v) is 31.0. The van der Waals surface area contributed by atoms with Crippen molar-refractivity contribution in [3.05, 3.63) is 244 Å². The largest absolute Gasteiger partial charge is 0.375 e. The molecule has 11 atom stereocenters. The summed E-state index contributed by atoms with van der Waals surface area (Å²) in [7, 11) is 0. The molecule has 466 valence electrons. The normalized spacial score (nSPS) is 34.4. The molecule has 1 heterocycles. The van der Waals surface area contributed by atoms with Gasteiger partial charge in [0.15, 0.2) is 0 Å². The Kier molecular flexibility index (Phi) is 17.3. The molecular weight excluding hydrogens is 1080 g/mol. The summed E-state index contributed by atoms with van der Waals surface area (Å²) in [5.74, 6) is 2.03. The van der Waals surface area contributed by atoms with Gasteiger partial charge in [-0.15, -0.1) is 6.58 Å². The molecule has 13 aliphatic rings. The number of hydrogen-bond donors (Lipinski definition) is 0. The summed E-state index contributed by atoms with van der Waals surface area (Å²) in [6.07, 6.45) is 80.0. The first-order chi connectivity index (χ1) is 43.2. The second-order valence-electron chi connectivity index (χ2n) is 31.0. The third-order valence-electron chi connectivity index (χ3n) is 23.9. The smallest absolute Gasteiger partial charge is 0.0765 e. The van der Waals surface area contributed by atoms with E-state index < -0.39 is 0 Å². The molecule has 0 radical (unpaired) electrons. The van der Waals surface area contributed by atoms with Crippen LogP contribution in [0.15, 0.2) is 233 Å². The summed E-state index contributed by atoms with van der Waals surface area (Å²) < 4.78 is 13.7. The average molecular weight is 1190 g/mol. The summed E-state index contributed by atoms with van der Waals surface area (Å²) in [5, 5.41) is 0. The molecule has 4 heteroatoms. The molecule has 0 aromatic heterocycles. The highest BCUT2D eigenvalue weighted by Gasteiger charge is 2.54. The van der Waals surface area contributed by atoms with Gasteiger partial charge in [0, 0.05) is 40.9 Å². The highest BCUT2D eigenvalue weighted by Crippen LogP contribution is 2.63. The lowest BCUT2D eigenvalue weighted by Gasteiger charge is -2.49. The van der Waals surface area contributed by atoms with Crippen molar-refractivity contribution in [2.75, 3.05) is 0 Å². The fourth-order valence-electron chi connectivity index (χ4n) is 19.0. The van der Waals surface area contributed by atoms with E-state index in [2.05, 4.69) is 216 Å². The Balaban J connectivity index is 0.773. The molecule has 89 heavy (non-hydrogen) atoms. The minimum Gasteiger partial charge on any atom is -0.375 e. The lowest BCUT2D eigenvalue weighted by atomic mass is 9.56. The summed E-state index contributed by atoms with van der Waals surface area (Å²) in [4.78, 5) is 5.76. The number of likely N-dealkylation sites (tertiary alicyclic amines) is 1. The molecule has 1 saturated carbocycles. The summed E-state index contributed by atoms with van der Waals surface area (Å²) in [5.41, 5.74) is 21.9. The number of ether oxygens (including phenoxy) is 2. The SMILES string of the molecule is C=CC1=CCC(OC2CCC(C3(C4=CC=C(C(C)(C)C)CC4)C4=C(C=CC(N(C5=CC=C(C6=CC7C8=CC=CCC8N(C8C=CC(OC9C=CC(C=C)CC9)CC8)C7C=C6)CC5)C5=CC=C(C6CC=C(C(C)(C)C)CC6)CC5)C4)c4ccccc43)CC2)CC1. The number of fused-ring (bicyclic) bond motifs is 5. The monoisotopic (exact) mass is 1180 g/mol. The van der Waals surface area contributed by atoms with E-state index >= 15 is 0 Å². The number of allylic oxidation sites excluding steroid dienone is 24. The highest BCUT2D eigenvalue weighted by atomic mass is 16.5. The molecule has 0 bridgehead atoms. The number of hydrogen-bond acceptors (Lipinski definition) is 4. The predicted molar refractivity (Wildman–Crippen MR) is 373 cm³/mol. The van der Waals surface area contributed by atoms with Gasteiger partial charge in [-0.05, 0) is 221 Å². The first kappa shape index (κ1) is 60.8. The maximum absolute atomic E-state index is 7.05. The number of benzene rings is 1. The van der Waals surface area contributed by atoms with E-state index in [0.29, 0.717) is 54.0 Å². The molecule has 1 aromatic carbocycles. The summed E-state index contributed by atoms with van der Waals surface area (Å²) in [6.45, 7) is 22.5. The molecule has 14 rings (SSSR count). The molecule has 0 amide bonds. The van der Waals surface area contributed by atoms with Gasteiger partial charge >= 0.3 is 0 Å². The van der Waals surface area contributed by atoms with Crippen LogP contribution in [0, 0.1) is 34.5 Å². The fraction of sp³-hybridized carbons (Fsp3) is 0.506. The van der Waals surface area contributed by atoms with E-state index in [1.807, 2.05) is 6.08 Å². The van der Waals surface area contributed by atoms with E-state index in [4.69, 9.17) is 9.47 Å². The molecule has 1 aliphatic heterocycles. The van der Waals surface area contributed by atoms with Crippen molar-refractivity contribution in [2.45, 2.75) is 237 Å². The lowest BCUT2D eigenvalue weighted by Crippen LogP contribution is -2.45. The third kappa shape index (κ3) is 12.0. The number of rotatable bonds is 14. The van der Waals surface area contributed by atoms with Crippen LogP contribution in [-0.4, -0.2) is 58.4 Å². The Morgan fingerprint density at radius 3 is 2.09 bits per heavy atom. The summed E-state index contributed by atoms with van der Waals surface area (Å²) >= 11 is 0. The molecule has 11 unspecified atom stereocenters. The van der Waals surface area contributed by atoms with Gasteiger partial charge in [-0.25, -0.2) is 0 Å². The van der Waals surface area contributed by atoms with Crippen molar-refractivity contribution in [2.24, 2.45) is 34.5 Å². The van der Waals surface area contributed by atoms with Crippen LogP contribution in [0.3, 0.4) is 0 Å². The van der Waals surface area contributed by atoms with Gasteiger partial charge in [-0.1, -0.05) is 222 Å².